The van der Waals surface area contributed by atoms with E-state index < -0.39 is 0 Å². The van der Waals surface area contributed by atoms with Crippen molar-refractivity contribution < 1.29 is 0 Å². The summed E-state index contributed by atoms with van der Waals surface area (Å²) in [5.74, 6) is 0. The van der Waals surface area contributed by atoms with Gasteiger partial charge in [0.25, 0.3) is 0 Å². The Labute approximate surface area is 176 Å². The molecule has 30 heavy (non-hydrogen) atoms. The highest BCUT2D eigenvalue weighted by molar-refractivity contribution is 6.01. The summed E-state index contributed by atoms with van der Waals surface area (Å²) < 4.78 is 0. The second-order valence-corrected chi connectivity index (χ2v) is 7.90. The van der Waals surface area contributed by atoms with Crippen molar-refractivity contribution in [2.24, 2.45) is 0 Å². The molecule has 0 amide bonds. The average Bonchev–Trinajstić information content (AvgIpc) is 2.82. The normalized spacial score (nSPS) is 11.3. The van der Waals surface area contributed by atoms with Crippen molar-refractivity contribution in [1.82, 2.24) is 0 Å². The highest BCUT2D eigenvalue weighted by atomic mass is 14.1. The Morgan fingerprint density at radius 1 is 0.233 bits per heavy atom. The molecule has 0 nitrogen and oxygen atoms in total. The fourth-order valence-electron chi connectivity index (χ4n) is 4.36. The van der Waals surface area contributed by atoms with Gasteiger partial charge in [0.2, 0.25) is 0 Å². The van der Waals surface area contributed by atoms with Gasteiger partial charge in [-0.15, -0.1) is 0 Å². The van der Waals surface area contributed by atoms with E-state index in [-0.39, 0.29) is 0 Å². The molecule has 0 heteroatoms. The number of benzene rings is 6. The van der Waals surface area contributed by atoms with Crippen LogP contribution in [0.15, 0.2) is 121 Å². The van der Waals surface area contributed by atoms with Gasteiger partial charge < -0.3 is 0 Å². The summed E-state index contributed by atoms with van der Waals surface area (Å²) in [6.07, 6.45) is 0. The van der Waals surface area contributed by atoms with Gasteiger partial charge in [-0.1, -0.05) is 91.0 Å². The predicted molar refractivity (Wildman–Crippen MR) is 130 cm³/mol. The van der Waals surface area contributed by atoms with Crippen molar-refractivity contribution in [1.29, 1.82) is 0 Å². The molecule has 0 spiro atoms. The first-order valence-electron chi connectivity index (χ1n) is 10.4. The van der Waals surface area contributed by atoms with Crippen LogP contribution in [0.25, 0.3) is 54.6 Å². The molecule has 0 aliphatic carbocycles. The summed E-state index contributed by atoms with van der Waals surface area (Å²) in [6, 6.07) is 44.0. The maximum Gasteiger partial charge on any atom is -0.0171 e. The summed E-state index contributed by atoms with van der Waals surface area (Å²) >= 11 is 0. The minimum absolute atomic E-state index is 1.26. The largest absolute Gasteiger partial charge is 0.0622 e. The van der Waals surface area contributed by atoms with E-state index in [2.05, 4.69) is 121 Å². The van der Waals surface area contributed by atoms with Gasteiger partial charge in [-0.2, -0.15) is 0 Å². The summed E-state index contributed by atoms with van der Waals surface area (Å²) in [6.45, 7) is 0. The fraction of sp³-hybridized carbons (Fsp3) is 0. The van der Waals surface area contributed by atoms with E-state index in [1.165, 1.54) is 54.6 Å². The molecular weight excluding hydrogens is 360 g/mol. The van der Waals surface area contributed by atoms with Crippen LogP contribution in [-0.2, 0) is 0 Å². The van der Waals surface area contributed by atoms with Crippen LogP contribution < -0.4 is 0 Å². The quantitative estimate of drug-likeness (QED) is 0.264. The molecule has 0 N–H and O–H groups in total. The third kappa shape index (κ3) is 2.94. The molecule has 0 heterocycles. The van der Waals surface area contributed by atoms with Gasteiger partial charge in [0.05, 0.1) is 0 Å². The lowest BCUT2D eigenvalue weighted by molar-refractivity contribution is 1.65. The standard InChI is InChI=1S/C30H20/c1-2-6-21(7-3-1)24-12-14-27-20-30-18-26(13-15-28(30)19-29(27)17-24)25-11-10-22-8-4-5-9-23(22)16-25/h1-20H. The maximum atomic E-state index is 2.31. The number of hydrogen-bond donors (Lipinski definition) is 0. The molecule has 0 bridgehead atoms. The van der Waals surface area contributed by atoms with Crippen LogP contribution in [0.2, 0.25) is 0 Å². The molecule has 6 aromatic carbocycles. The second-order valence-electron chi connectivity index (χ2n) is 7.90. The summed E-state index contributed by atoms with van der Waals surface area (Å²) in [5, 5.41) is 7.67. The van der Waals surface area contributed by atoms with Crippen LogP contribution in [0.1, 0.15) is 0 Å². The molecule has 0 saturated carbocycles. The first-order chi connectivity index (χ1) is 14.8. The van der Waals surface area contributed by atoms with Crippen LogP contribution in [0, 0.1) is 0 Å². The minimum atomic E-state index is 1.26. The molecule has 0 unspecified atom stereocenters. The van der Waals surface area contributed by atoms with Crippen LogP contribution in [0.3, 0.4) is 0 Å². The molecular formula is C30H20. The molecule has 0 aromatic heterocycles. The summed E-state index contributed by atoms with van der Waals surface area (Å²) in [7, 11) is 0. The van der Waals surface area contributed by atoms with E-state index in [4.69, 9.17) is 0 Å². The molecule has 0 fully saturated rings. The molecule has 0 aliphatic rings. The Balaban J connectivity index is 1.46. The maximum absolute atomic E-state index is 2.31. The summed E-state index contributed by atoms with van der Waals surface area (Å²) in [4.78, 5) is 0. The fourth-order valence-corrected chi connectivity index (χ4v) is 4.36. The Morgan fingerprint density at radius 3 is 1.30 bits per heavy atom. The van der Waals surface area contributed by atoms with Gasteiger partial charge >= 0.3 is 0 Å². The molecule has 0 saturated heterocycles. The lowest BCUT2D eigenvalue weighted by Crippen LogP contribution is -1.83. The minimum Gasteiger partial charge on any atom is -0.0622 e. The second kappa shape index (κ2) is 6.86. The van der Waals surface area contributed by atoms with Gasteiger partial charge in [-0.05, 0) is 84.9 Å². The lowest BCUT2D eigenvalue weighted by atomic mass is 9.95. The number of hydrogen-bond acceptors (Lipinski definition) is 0. The molecule has 0 radical (unpaired) electrons. The zero-order valence-corrected chi connectivity index (χ0v) is 16.5. The van der Waals surface area contributed by atoms with E-state index in [1.54, 1.807) is 0 Å². The van der Waals surface area contributed by atoms with Gasteiger partial charge in [0.1, 0.15) is 0 Å². The zero-order valence-electron chi connectivity index (χ0n) is 16.5. The van der Waals surface area contributed by atoms with Gasteiger partial charge in [-0.3, -0.25) is 0 Å². The van der Waals surface area contributed by atoms with Crippen molar-refractivity contribution in [3.63, 3.8) is 0 Å². The monoisotopic (exact) mass is 380 g/mol. The average molecular weight is 380 g/mol. The first kappa shape index (κ1) is 17.0. The van der Waals surface area contributed by atoms with Crippen LogP contribution >= 0.6 is 0 Å². The van der Waals surface area contributed by atoms with E-state index >= 15 is 0 Å². The van der Waals surface area contributed by atoms with Gasteiger partial charge in [0, 0.05) is 0 Å². The summed E-state index contributed by atoms with van der Waals surface area (Å²) in [5.41, 5.74) is 5.03. The van der Waals surface area contributed by atoms with Crippen LogP contribution in [-0.4, -0.2) is 0 Å². The molecule has 0 aliphatic heterocycles. The Kier molecular flexibility index (Phi) is 3.89. The van der Waals surface area contributed by atoms with Gasteiger partial charge in [0.15, 0.2) is 0 Å². The third-order valence-electron chi connectivity index (χ3n) is 5.99. The van der Waals surface area contributed by atoms with E-state index in [1.807, 2.05) is 0 Å². The molecule has 140 valence electrons. The number of rotatable bonds is 2. The van der Waals surface area contributed by atoms with E-state index in [9.17, 15) is 0 Å². The predicted octanol–water partition coefficient (Wildman–Crippen LogP) is 8.48. The van der Waals surface area contributed by atoms with E-state index in [0.717, 1.165) is 0 Å². The van der Waals surface area contributed by atoms with Gasteiger partial charge in [-0.25, -0.2) is 0 Å². The Bertz CT molecular complexity index is 1520. The SMILES string of the molecule is c1ccc(-c2ccc3cc4cc(-c5ccc6ccccc6c5)ccc4cc3c2)cc1. The van der Waals surface area contributed by atoms with Crippen molar-refractivity contribution >= 4 is 32.3 Å². The Morgan fingerprint density at radius 2 is 0.667 bits per heavy atom. The van der Waals surface area contributed by atoms with Crippen LogP contribution in [0.5, 0.6) is 0 Å². The molecule has 6 aromatic rings. The molecule has 0 atom stereocenters. The Hall–Kier alpha value is -3.90. The smallest absolute Gasteiger partial charge is 0.0171 e. The highest BCUT2D eigenvalue weighted by Gasteiger charge is 2.05. The van der Waals surface area contributed by atoms with E-state index in [0.29, 0.717) is 0 Å². The van der Waals surface area contributed by atoms with Crippen molar-refractivity contribution in [3.05, 3.63) is 121 Å². The lowest BCUT2D eigenvalue weighted by Gasteiger charge is -2.09. The van der Waals surface area contributed by atoms with Crippen molar-refractivity contribution in [2.45, 2.75) is 0 Å². The zero-order chi connectivity index (χ0) is 19.9. The molecule has 6 rings (SSSR count). The first-order valence-corrected chi connectivity index (χ1v) is 10.4. The van der Waals surface area contributed by atoms with Crippen molar-refractivity contribution in [2.75, 3.05) is 0 Å². The van der Waals surface area contributed by atoms with Crippen LogP contribution in [0.4, 0.5) is 0 Å². The third-order valence-corrected chi connectivity index (χ3v) is 5.99. The highest BCUT2D eigenvalue weighted by Crippen LogP contribution is 2.31. The topological polar surface area (TPSA) is 0 Å². The number of fused-ring (bicyclic) bond motifs is 3. The van der Waals surface area contributed by atoms with Crippen molar-refractivity contribution in [3.8, 4) is 22.3 Å².